The van der Waals surface area contributed by atoms with Crippen molar-refractivity contribution in [3.8, 4) is 34.6 Å². The van der Waals surface area contributed by atoms with Gasteiger partial charge in [0.15, 0.2) is 22.9 Å². The Morgan fingerprint density at radius 3 is 2.48 bits per heavy atom. The first kappa shape index (κ1) is 21.3. The molecule has 170 valence electrons. The van der Waals surface area contributed by atoms with Gasteiger partial charge in [0, 0.05) is 11.3 Å². The SMILES string of the molecule is CCOc1cccc(-c2nc3nc(NSC4CC4)cnc3n2-c2c(OC)cccc2OC)n1. The van der Waals surface area contributed by atoms with Crippen LogP contribution in [0.2, 0.25) is 0 Å². The number of methoxy groups -OCH3 is 2. The number of nitrogens with zero attached hydrogens (tertiary/aromatic N) is 5. The molecule has 10 heteroatoms. The number of hydrogen-bond donors (Lipinski definition) is 1. The molecule has 0 spiro atoms. The van der Waals surface area contributed by atoms with Crippen LogP contribution in [0.1, 0.15) is 19.8 Å². The molecule has 0 aliphatic heterocycles. The molecule has 1 N–H and O–H groups in total. The number of benzene rings is 1. The molecule has 1 aliphatic rings. The van der Waals surface area contributed by atoms with E-state index in [1.807, 2.05) is 47.9 Å². The summed E-state index contributed by atoms with van der Waals surface area (Å²) in [6, 6.07) is 11.2. The van der Waals surface area contributed by atoms with Gasteiger partial charge in [-0.05, 0) is 49.9 Å². The average molecular weight is 465 g/mol. The highest BCUT2D eigenvalue weighted by atomic mass is 32.2. The monoisotopic (exact) mass is 464 g/mol. The number of para-hydroxylation sites is 1. The summed E-state index contributed by atoms with van der Waals surface area (Å²) in [7, 11) is 3.24. The van der Waals surface area contributed by atoms with E-state index < -0.39 is 0 Å². The van der Waals surface area contributed by atoms with E-state index in [1.54, 1.807) is 32.4 Å². The molecule has 1 saturated carbocycles. The fraction of sp³-hybridized carbons (Fsp3) is 0.304. The molecular formula is C23H24N6O3S. The first-order valence-corrected chi connectivity index (χ1v) is 11.6. The molecule has 0 unspecified atom stereocenters. The number of imidazole rings is 1. The maximum absolute atomic E-state index is 5.67. The summed E-state index contributed by atoms with van der Waals surface area (Å²) in [5.41, 5.74) is 2.35. The molecule has 3 heterocycles. The Labute approximate surface area is 195 Å². The standard InChI is InChI=1S/C23H24N6O3S/c1-4-32-19-10-5-7-15(25-19)22-27-21-23(24-13-18(26-21)28-33-14-11-12-14)29(22)20-16(30-2)8-6-9-17(20)31-3/h5-10,13-14H,4,11-12H2,1-3H3,(H,26,28). The Kier molecular flexibility index (Phi) is 5.91. The van der Waals surface area contributed by atoms with Crippen LogP contribution in [0.5, 0.6) is 17.4 Å². The van der Waals surface area contributed by atoms with Crippen molar-refractivity contribution in [2.75, 3.05) is 25.5 Å². The summed E-state index contributed by atoms with van der Waals surface area (Å²) >= 11 is 1.67. The van der Waals surface area contributed by atoms with Crippen molar-refractivity contribution < 1.29 is 14.2 Å². The molecule has 1 fully saturated rings. The van der Waals surface area contributed by atoms with Crippen molar-refractivity contribution in [1.82, 2.24) is 24.5 Å². The van der Waals surface area contributed by atoms with Gasteiger partial charge < -0.3 is 18.9 Å². The van der Waals surface area contributed by atoms with Gasteiger partial charge >= 0.3 is 0 Å². The Balaban J connectivity index is 1.72. The van der Waals surface area contributed by atoms with Crippen molar-refractivity contribution in [2.24, 2.45) is 0 Å². The van der Waals surface area contributed by atoms with Crippen molar-refractivity contribution in [3.05, 3.63) is 42.6 Å². The molecule has 0 radical (unpaired) electrons. The van der Waals surface area contributed by atoms with Crippen LogP contribution in [-0.2, 0) is 0 Å². The lowest BCUT2D eigenvalue weighted by molar-refractivity contribution is 0.327. The topological polar surface area (TPSA) is 96.2 Å². The van der Waals surface area contributed by atoms with Crippen LogP contribution in [0.15, 0.2) is 42.6 Å². The quantitative estimate of drug-likeness (QED) is 0.359. The van der Waals surface area contributed by atoms with Gasteiger partial charge in [-0.3, -0.25) is 4.57 Å². The van der Waals surface area contributed by atoms with E-state index in [0.29, 0.717) is 63.6 Å². The fourth-order valence-corrected chi connectivity index (χ4v) is 4.20. The van der Waals surface area contributed by atoms with E-state index in [9.17, 15) is 0 Å². The Morgan fingerprint density at radius 2 is 1.79 bits per heavy atom. The highest BCUT2D eigenvalue weighted by Crippen LogP contribution is 2.38. The first-order chi connectivity index (χ1) is 16.2. The molecule has 4 aromatic rings. The molecule has 9 nitrogen and oxygen atoms in total. The number of aromatic nitrogens is 5. The van der Waals surface area contributed by atoms with Gasteiger partial charge in [-0.2, -0.15) is 0 Å². The number of ether oxygens (including phenoxy) is 3. The van der Waals surface area contributed by atoms with Gasteiger partial charge in [0.05, 0.1) is 27.0 Å². The van der Waals surface area contributed by atoms with Gasteiger partial charge in [-0.1, -0.05) is 12.1 Å². The molecule has 1 aromatic carbocycles. The lowest BCUT2D eigenvalue weighted by atomic mass is 10.2. The second-order valence-electron chi connectivity index (χ2n) is 7.40. The van der Waals surface area contributed by atoms with Gasteiger partial charge in [0.1, 0.15) is 22.9 Å². The maximum Gasteiger partial charge on any atom is 0.213 e. The zero-order valence-corrected chi connectivity index (χ0v) is 19.4. The molecule has 0 amide bonds. The average Bonchev–Trinajstić information content (AvgIpc) is 3.61. The second kappa shape index (κ2) is 9.14. The molecule has 5 rings (SSSR count). The number of anilines is 1. The molecule has 1 aliphatic carbocycles. The van der Waals surface area contributed by atoms with Crippen LogP contribution >= 0.6 is 11.9 Å². The summed E-state index contributed by atoms with van der Waals surface area (Å²) in [5, 5.41) is 0.638. The van der Waals surface area contributed by atoms with E-state index in [2.05, 4.69) is 9.71 Å². The van der Waals surface area contributed by atoms with E-state index in [1.165, 1.54) is 12.8 Å². The zero-order chi connectivity index (χ0) is 22.8. The van der Waals surface area contributed by atoms with Crippen LogP contribution in [0.3, 0.4) is 0 Å². The minimum atomic E-state index is 0.489. The predicted octanol–water partition coefficient (Wildman–Crippen LogP) is 4.52. The lowest BCUT2D eigenvalue weighted by Crippen LogP contribution is -2.05. The summed E-state index contributed by atoms with van der Waals surface area (Å²) in [6.45, 7) is 2.44. The van der Waals surface area contributed by atoms with Crippen LogP contribution in [0.4, 0.5) is 5.82 Å². The maximum atomic E-state index is 5.67. The molecule has 0 bridgehead atoms. The number of nitrogens with one attached hydrogen (secondary N) is 1. The normalized spacial score (nSPS) is 13.2. The van der Waals surface area contributed by atoms with Crippen molar-refractivity contribution >= 4 is 29.1 Å². The molecule has 0 saturated heterocycles. The van der Waals surface area contributed by atoms with E-state index in [4.69, 9.17) is 29.2 Å². The number of rotatable bonds is 9. The van der Waals surface area contributed by atoms with Gasteiger partial charge in [0.25, 0.3) is 0 Å². The first-order valence-electron chi connectivity index (χ1n) is 10.7. The largest absolute Gasteiger partial charge is 0.494 e. The minimum absolute atomic E-state index is 0.489. The third-order valence-electron chi connectivity index (χ3n) is 5.10. The van der Waals surface area contributed by atoms with Crippen molar-refractivity contribution in [1.29, 1.82) is 0 Å². The second-order valence-corrected chi connectivity index (χ2v) is 8.50. The summed E-state index contributed by atoms with van der Waals surface area (Å²) in [4.78, 5) is 18.9. The smallest absolute Gasteiger partial charge is 0.213 e. The summed E-state index contributed by atoms with van der Waals surface area (Å²) in [5.74, 6) is 2.97. The summed E-state index contributed by atoms with van der Waals surface area (Å²) in [6.07, 6.45) is 4.16. The summed E-state index contributed by atoms with van der Waals surface area (Å²) < 4.78 is 22.1. The molecule has 33 heavy (non-hydrogen) atoms. The zero-order valence-electron chi connectivity index (χ0n) is 18.6. The van der Waals surface area contributed by atoms with E-state index >= 15 is 0 Å². The fourth-order valence-electron chi connectivity index (χ4n) is 3.44. The molecule has 3 aromatic heterocycles. The highest BCUT2D eigenvalue weighted by Gasteiger charge is 2.25. The van der Waals surface area contributed by atoms with Gasteiger partial charge in [-0.25, -0.2) is 19.9 Å². The Morgan fingerprint density at radius 1 is 1.03 bits per heavy atom. The van der Waals surface area contributed by atoms with E-state index in [0.717, 1.165) is 0 Å². The van der Waals surface area contributed by atoms with Gasteiger partial charge in [0.2, 0.25) is 5.88 Å². The number of fused-ring (bicyclic) bond motifs is 1. The van der Waals surface area contributed by atoms with Crippen LogP contribution in [0, 0.1) is 0 Å². The van der Waals surface area contributed by atoms with Crippen LogP contribution in [-0.4, -0.2) is 50.6 Å². The van der Waals surface area contributed by atoms with Gasteiger partial charge in [-0.15, -0.1) is 0 Å². The predicted molar refractivity (Wildman–Crippen MR) is 128 cm³/mol. The third kappa shape index (κ3) is 4.25. The number of pyridine rings is 1. The molecular weight excluding hydrogens is 440 g/mol. The van der Waals surface area contributed by atoms with Crippen molar-refractivity contribution in [2.45, 2.75) is 25.0 Å². The minimum Gasteiger partial charge on any atom is -0.494 e. The van der Waals surface area contributed by atoms with Crippen LogP contribution in [0.25, 0.3) is 28.5 Å². The molecule has 0 atom stereocenters. The Hall–Kier alpha value is -3.53. The van der Waals surface area contributed by atoms with E-state index in [-0.39, 0.29) is 0 Å². The highest BCUT2D eigenvalue weighted by molar-refractivity contribution is 8.01. The number of hydrogen-bond acceptors (Lipinski definition) is 9. The lowest BCUT2D eigenvalue weighted by Gasteiger charge is -2.16. The third-order valence-corrected chi connectivity index (χ3v) is 6.23. The Bertz CT molecular complexity index is 1270. The van der Waals surface area contributed by atoms with Crippen molar-refractivity contribution in [3.63, 3.8) is 0 Å². The van der Waals surface area contributed by atoms with Crippen LogP contribution < -0.4 is 18.9 Å².